The van der Waals surface area contributed by atoms with E-state index in [9.17, 15) is 5.11 Å². The summed E-state index contributed by atoms with van der Waals surface area (Å²) in [7, 11) is 0. The monoisotopic (exact) mass is 233 g/mol. The summed E-state index contributed by atoms with van der Waals surface area (Å²) >= 11 is 3.55. The molecule has 1 unspecified atom stereocenters. The minimum absolute atomic E-state index is 0.150. The Labute approximate surface area is 82.2 Å². The number of hydrogen-bond acceptors (Lipinski definition) is 2. The summed E-state index contributed by atoms with van der Waals surface area (Å²) in [5.41, 5.74) is 0.995. The second kappa shape index (κ2) is 3.04. The molecule has 0 spiro atoms. The average Bonchev–Trinajstić information content (AvgIpc) is 2.02. The third kappa shape index (κ3) is 1.19. The molecule has 0 aromatic carbocycles. The van der Waals surface area contributed by atoms with E-state index in [-0.39, 0.29) is 16.5 Å². The van der Waals surface area contributed by atoms with E-state index in [1.165, 1.54) is 0 Å². The topological polar surface area (TPSA) is 32.3 Å². The van der Waals surface area contributed by atoms with E-state index in [2.05, 4.69) is 41.2 Å². The van der Waals surface area contributed by atoms with Crippen LogP contribution >= 0.6 is 15.9 Å². The van der Waals surface area contributed by atoms with Crippen LogP contribution in [0.15, 0.2) is 11.8 Å². The molecule has 0 amide bonds. The zero-order valence-corrected chi connectivity index (χ0v) is 9.40. The summed E-state index contributed by atoms with van der Waals surface area (Å²) in [5, 5.41) is 12.5. The van der Waals surface area contributed by atoms with Gasteiger partial charge in [-0.25, -0.2) is 0 Å². The number of alkyl halides is 1. The Morgan fingerprint density at radius 1 is 1.58 bits per heavy atom. The summed E-state index contributed by atoms with van der Waals surface area (Å²) in [6.45, 7) is 6.36. The van der Waals surface area contributed by atoms with E-state index in [0.717, 1.165) is 12.1 Å². The molecule has 2 nitrogen and oxygen atoms in total. The first-order chi connectivity index (χ1) is 5.48. The fraction of sp³-hybridized carbons (Fsp3) is 0.778. The van der Waals surface area contributed by atoms with Crippen molar-refractivity contribution in [2.75, 3.05) is 6.61 Å². The molecule has 12 heavy (non-hydrogen) atoms. The number of allylic oxidation sites excluding steroid dienone is 1. The van der Waals surface area contributed by atoms with Gasteiger partial charge in [-0.2, -0.15) is 0 Å². The summed E-state index contributed by atoms with van der Waals surface area (Å²) in [4.78, 5) is 0. The molecule has 1 aliphatic rings. The number of aliphatic hydroxyl groups is 1. The van der Waals surface area contributed by atoms with Gasteiger partial charge in [-0.3, -0.25) is 0 Å². The molecule has 3 heteroatoms. The Morgan fingerprint density at radius 3 is 2.50 bits per heavy atom. The lowest BCUT2D eigenvalue weighted by Crippen LogP contribution is -2.65. The second-order valence-electron chi connectivity index (χ2n) is 3.64. The van der Waals surface area contributed by atoms with E-state index >= 15 is 0 Å². The lowest BCUT2D eigenvalue weighted by atomic mass is 9.72. The molecule has 0 radical (unpaired) electrons. The van der Waals surface area contributed by atoms with Crippen LogP contribution in [-0.4, -0.2) is 16.2 Å². The average molecular weight is 234 g/mol. The first-order valence-corrected chi connectivity index (χ1v) is 5.06. The molecule has 0 saturated carbocycles. The Bertz CT molecular complexity index is 213. The number of rotatable bonds is 2. The third-order valence-corrected chi connectivity index (χ3v) is 3.80. The number of hydrogen-bond donors (Lipinski definition) is 2. The number of nitrogens with one attached hydrogen (secondary N) is 1. The van der Waals surface area contributed by atoms with Gasteiger partial charge in [-0.05, 0) is 20.3 Å². The van der Waals surface area contributed by atoms with Gasteiger partial charge in [0.05, 0.1) is 12.0 Å². The molecule has 2 atom stereocenters. The standard InChI is InChI=1S/C9H16BrNO/c1-4-5-7-8(2,6-12)9(3,10)11-7/h5,11-12H,4,6H2,1-3H3/b7-5+/t8-,9?/m1/s1. The van der Waals surface area contributed by atoms with Crippen LogP contribution in [0.5, 0.6) is 0 Å². The van der Waals surface area contributed by atoms with E-state index in [1.807, 2.05) is 6.92 Å². The number of aliphatic hydroxyl groups excluding tert-OH is 1. The molecule has 1 aliphatic heterocycles. The minimum atomic E-state index is -0.157. The van der Waals surface area contributed by atoms with Gasteiger partial charge in [0.1, 0.15) is 4.45 Å². The van der Waals surface area contributed by atoms with Gasteiger partial charge in [-0.15, -0.1) is 0 Å². The summed E-state index contributed by atoms with van der Waals surface area (Å²) in [5.74, 6) is 0. The van der Waals surface area contributed by atoms with E-state index < -0.39 is 0 Å². The quantitative estimate of drug-likeness (QED) is 0.565. The fourth-order valence-corrected chi connectivity index (χ4v) is 1.99. The van der Waals surface area contributed by atoms with Crippen molar-refractivity contribution in [2.45, 2.75) is 31.6 Å². The van der Waals surface area contributed by atoms with Gasteiger partial charge in [0, 0.05) is 5.70 Å². The maximum Gasteiger partial charge on any atom is 0.103 e. The van der Waals surface area contributed by atoms with E-state index in [0.29, 0.717) is 0 Å². The molecular formula is C9H16BrNO. The molecule has 1 fully saturated rings. The van der Waals surface area contributed by atoms with Crippen molar-refractivity contribution in [2.24, 2.45) is 5.41 Å². The summed E-state index contributed by atoms with van der Waals surface area (Å²) in [6, 6.07) is 0. The highest BCUT2D eigenvalue weighted by Crippen LogP contribution is 2.50. The van der Waals surface area contributed by atoms with E-state index in [4.69, 9.17) is 0 Å². The molecule has 1 saturated heterocycles. The lowest BCUT2D eigenvalue weighted by molar-refractivity contribution is 0.0690. The predicted octanol–water partition coefficient (Wildman–Crippen LogP) is 1.99. The largest absolute Gasteiger partial charge is 0.395 e. The van der Waals surface area contributed by atoms with Crippen LogP contribution in [0, 0.1) is 5.41 Å². The molecular weight excluding hydrogens is 218 g/mol. The van der Waals surface area contributed by atoms with Crippen molar-refractivity contribution in [3.63, 3.8) is 0 Å². The van der Waals surface area contributed by atoms with Crippen molar-refractivity contribution in [1.82, 2.24) is 5.32 Å². The Kier molecular flexibility index (Phi) is 2.55. The molecule has 0 aliphatic carbocycles. The molecule has 0 bridgehead atoms. The first kappa shape index (κ1) is 10.1. The lowest BCUT2D eigenvalue weighted by Gasteiger charge is -2.55. The van der Waals surface area contributed by atoms with Crippen molar-refractivity contribution in [3.05, 3.63) is 11.8 Å². The van der Waals surface area contributed by atoms with Crippen LogP contribution in [-0.2, 0) is 0 Å². The highest BCUT2D eigenvalue weighted by atomic mass is 79.9. The second-order valence-corrected chi connectivity index (χ2v) is 5.23. The fourth-order valence-electron chi connectivity index (χ4n) is 1.43. The highest BCUT2D eigenvalue weighted by molar-refractivity contribution is 9.10. The zero-order chi connectivity index (χ0) is 9.41. The van der Waals surface area contributed by atoms with Gasteiger partial charge in [-0.1, -0.05) is 28.9 Å². The molecule has 0 aromatic heterocycles. The zero-order valence-electron chi connectivity index (χ0n) is 7.82. The minimum Gasteiger partial charge on any atom is -0.395 e. The van der Waals surface area contributed by atoms with Crippen LogP contribution in [0.1, 0.15) is 27.2 Å². The van der Waals surface area contributed by atoms with Gasteiger partial charge < -0.3 is 10.4 Å². The van der Waals surface area contributed by atoms with Crippen molar-refractivity contribution < 1.29 is 5.11 Å². The normalized spacial score (nSPS) is 43.9. The summed E-state index contributed by atoms with van der Waals surface area (Å²) in [6.07, 6.45) is 3.13. The van der Waals surface area contributed by atoms with E-state index in [1.54, 1.807) is 0 Å². The van der Waals surface area contributed by atoms with Crippen molar-refractivity contribution in [1.29, 1.82) is 0 Å². The Hall–Kier alpha value is -0.0200. The van der Waals surface area contributed by atoms with Gasteiger partial charge in [0.15, 0.2) is 0 Å². The maximum atomic E-state index is 9.27. The maximum absolute atomic E-state index is 9.27. The molecule has 2 N–H and O–H groups in total. The van der Waals surface area contributed by atoms with Gasteiger partial charge in [0.2, 0.25) is 0 Å². The third-order valence-electron chi connectivity index (χ3n) is 2.72. The Balaban J connectivity index is 2.83. The first-order valence-electron chi connectivity index (χ1n) is 4.26. The number of halogens is 1. The smallest absolute Gasteiger partial charge is 0.103 e. The molecule has 1 rings (SSSR count). The van der Waals surface area contributed by atoms with Crippen molar-refractivity contribution >= 4 is 15.9 Å². The molecule has 0 aromatic rings. The molecule has 1 heterocycles. The Morgan fingerprint density at radius 2 is 2.17 bits per heavy atom. The van der Waals surface area contributed by atoms with Gasteiger partial charge >= 0.3 is 0 Å². The highest BCUT2D eigenvalue weighted by Gasteiger charge is 2.54. The van der Waals surface area contributed by atoms with Crippen molar-refractivity contribution in [3.8, 4) is 0 Å². The van der Waals surface area contributed by atoms with Crippen LogP contribution in [0.25, 0.3) is 0 Å². The summed E-state index contributed by atoms with van der Waals surface area (Å²) < 4.78 is -0.157. The van der Waals surface area contributed by atoms with Crippen LogP contribution in [0.4, 0.5) is 0 Å². The van der Waals surface area contributed by atoms with Crippen LogP contribution in [0.2, 0.25) is 0 Å². The molecule has 70 valence electrons. The van der Waals surface area contributed by atoms with Crippen LogP contribution in [0.3, 0.4) is 0 Å². The van der Waals surface area contributed by atoms with Crippen LogP contribution < -0.4 is 5.32 Å². The predicted molar refractivity (Wildman–Crippen MR) is 54.0 cm³/mol. The SMILES string of the molecule is CC/C=C1/NC(C)(Br)[C@]1(C)CO. The van der Waals surface area contributed by atoms with Gasteiger partial charge in [0.25, 0.3) is 0 Å².